The number of carboxylic acid groups (broad SMARTS) is 1. The monoisotopic (exact) mass is 343 g/mol. The third-order valence-electron chi connectivity index (χ3n) is 5.31. The lowest BCUT2D eigenvalue weighted by Crippen LogP contribution is -2.28. The number of unbranched alkanes of at least 4 members (excludes halogenated alkanes) is 1. The van der Waals surface area contributed by atoms with Gasteiger partial charge in [0, 0.05) is 11.4 Å². The van der Waals surface area contributed by atoms with E-state index in [2.05, 4.69) is 24.0 Å². The molecule has 1 N–H and O–H groups in total. The molecule has 2 rings (SSSR count). The Morgan fingerprint density at radius 3 is 2.84 bits per heavy atom. The topological polar surface area (TPSA) is 49.8 Å². The number of methoxy groups -OCH3 is 1. The van der Waals surface area contributed by atoms with E-state index in [0.29, 0.717) is 18.9 Å². The van der Waals surface area contributed by atoms with Gasteiger partial charge in [0.2, 0.25) is 0 Å². The number of aliphatic carboxylic acids is 1. The summed E-state index contributed by atoms with van der Waals surface area (Å²) in [4.78, 5) is 14.0. The summed E-state index contributed by atoms with van der Waals surface area (Å²) in [5.74, 6) is 0.0162. The van der Waals surface area contributed by atoms with Crippen LogP contribution in [0.15, 0.2) is 24.3 Å². The molecule has 1 saturated heterocycles. The van der Waals surface area contributed by atoms with Gasteiger partial charge in [-0.3, -0.25) is 9.69 Å². The number of ether oxygens (including phenoxy) is 1. The van der Waals surface area contributed by atoms with Gasteiger partial charge in [-0.25, -0.2) is 0 Å². The molecule has 2 radical (unpaired) electrons. The summed E-state index contributed by atoms with van der Waals surface area (Å²) in [7, 11) is 7.85. The maximum Gasteiger partial charge on any atom is 0.300 e. The molecular formula is C20H30BNO3. The van der Waals surface area contributed by atoms with Crippen LogP contribution in [-0.2, 0) is 4.79 Å². The highest BCUT2D eigenvalue weighted by Gasteiger charge is 2.32. The molecular weight excluding hydrogens is 313 g/mol. The van der Waals surface area contributed by atoms with Crippen molar-refractivity contribution in [3.05, 3.63) is 29.8 Å². The van der Waals surface area contributed by atoms with Gasteiger partial charge in [-0.2, -0.15) is 0 Å². The Morgan fingerprint density at radius 1 is 1.40 bits per heavy atom. The van der Waals surface area contributed by atoms with Gasteiger partial charge in [-0.15, -0.1) is 0 Å². The molecule has 1 aromatic carbocycles. The van der Waals surface area contributed by atoms with Crippen LogP contribution in [0.4, 0.5) is 0 Å². The third-order valence-corrected chi connectivity index (χ3v) is 5.31. The average molecular weight is 343 g/mol. The molecule has 5 heteroatoms. The van der Waals surface area contributed by atoms with E-state index in [-0.39, 0.29) is 0 Å². The minimum atomic E-state index is -1.08. The van der Waals surface area contributed by atoms with Crippen molar-refractivity contribution < 1.29 is 14.6 Å². The highest BCUT2D eigenvalue weighted by atomic mass is 16.5. The van der Waals surface area contributed by atoms with Crippen LogP contribution in [-0.4, -0.2) is 44.0 Å². The Morgan fingerprint density at radius 2 is 2.16 bits per heavy atom. The lowest BCUT2D eigenvalue weighted by molar-refractivity contribution is -0.141. The van der Waals surface area contributed by atoms with Gasteiger partial charge in [-0.05, 0) is 62.9 Å². The predicted molar refractivity (Wildman–Crippen MR) is 101 cm³/mol. The molecule has 1 aliphatic heterocycles. The molecule has 1 heterocycles. The molecule has 0 aliphatic carbocycles. The van der Waals surface area contributed by atoms with E-state index in [9.17, 15) is 9.90 Å². The molecule has 1 aromatic rings. The highest BCUT2D eigenvalue weighted by Crippen LogP contribution is 2.37. The number of hydrogen-bond donors (Lipinski definition) is 1. The van der Waals surface area contributed by atoms with Crippen LogP contribution in [0.1, 0.15) is 63.5 Å². The van der Waals surface area contributed by atoms with Crippen molar-refractivity contribution >= 4 is 13.8 Å². The Bertz CT molecular complexity index is 566. The molecule has 1 aliphatic rings. The number of benzene rings is 1. The fourth-order valence-corrected chi connectivity index (χ4v) is 3.75. The SMILES string of the molecule is [B]C(CCCC)(CCCN1CCCC1c1cccc(OC)c1)C(=O)O. The molecule has 2 atom stereocenters. The molecule has 0 spiro atoms. The molecule has 136 valence electrons. The van der Waals surface area contributed by atoms with E-state index in [4.69, 9.17) is 12.6 Å². The lowest BCUT2D eigenvalue weighted by Gasteiger charge is -2.29. The van der Waals surface area contributed by atoms with E-state index >= 15 is 0 Å². The van der Waals surface area contributed by atoms with Gasteiger partial charge in [0.1, 0.15) is 5.75 Å². The normalized spacial score (nSPS) is 20.3. The molecule has 0 amide bonds. The van der Waals surface area contributed by atoms with Gasteiger partial charge in [0.25, 0.3) is 0 Å². The minimum absolute atomic E-state index is 0.391. The highest BCUT2D eigenvalue weighted by molar-refractivity contribution is 6.26. The Kier molecular flexibility index (Phi) is 7.36. The summed E-state index contributed by atoms with van der Waals surface area (Å²) in [6.45, 7) is 4.01. The van der Waals surface area contributed by atoms with Crippen LogP contribution in [0.25, 0.3) is 0 Å². The number of carboxylic acids is 1. The number of hydrogen-bond acceptors (Lipinski definition) is 3. The van der Waals surface area contributed by atoms with Crippen LogP contribution < -0.4 is 4.74 Å². The summed E-state index contributed by atoms with van der Waals surface area (Å²) >= 11 is 0. The molecule has 2 unspecified atom stereocenters. The lowest BCUT2D eigenvalue weighted by atomic mass is 9.63. The Hall–Kier alpha value is -1.49. The summed E-state index contributed by atoms with van der Waals surface area (Å²) in [6, 6.07) is 8.64. The van der Waals surface area contributed by atoms with Crippen LogP contribution in [0, 0.1) is 0 Å². The van der Waals surface area contributed by atoms with Gasteiger partial charge in [0.05, 0.1) is 15.0 Å². The molecule has 0 saturated carbocycles. The number of rotatable bonds is 10. The second-order valence-corrected chi connectivity index (χ2v) is 7.14. The smallest absolute Gasteiger partial charge is 0.300 e. The first kappa shape index (κ1) is 19.8. The van der Waals surface area contributed by atoms with Crippen LogP contribution in [0.3, 0.4) is 0 Å². The van der Waals surface area contributed by atoms with Crippen molar-refractivity contribution in [2.24, 2.45) is 0 Å². The minimum Gasteiger partial charge on any atom is -0.497 e. The first-order valence-corrected chi connectivity index (χ1v) is 9.40. The number of likely N-dealkylation sites (tertiary alicyclic amines) is 1. The maximum absolute atomic E-state index is 11.6. The summed E-state index contributed by atoms with van der Waals surface area (Å²) in [6.07, 6.45) is 6.03. The summed E-state index contributed by atoms with van der Waals surface area (Å²) < 4.78 is 5.34. The van der Waals surface area contributed by atoms with Crippen molar-refractivity contribution in [1.82, 2.24) is 4.90 Å². The van der Waals surface area contributed by atoms with Crippen molar-refractivity contribution in [1.29, 1.82) is 0 Å². The molecule has 4 nitrogen and oxygen atoms in total. The van der Waals surface area contributed by atoms with Gasteiger partial charge in [0.15, 0.2) is 0 Å². The van der Waals surface area contributed by atoms with E-state index < -0.39 is 11.3 Å². The van der Waals surface area contributed by atoms with Crippen LogP contribution in [0.2, 0.25) is 5.31 Å². The van der Waals surface area contributed by atoms with Crippen LogP contribution >= 0.6 is 0 Å². The number of nitrogens with zero attached hydrogens (tertiary/aromatic N) is 1. The Balaban J connectivity index is 1.93. The summed E-state index contributed by atoms with van der Waals surface area (Å²) in [5.41, 5.74) is 1.28. The quantitative estimate of drug-likeness (QED) is 0.647. The van der Waals surface area contributed by atoms with Crippen molar-refractivity contribution in [2.45, 2.75) is 63.2 Å². The maximum atomic E-state index is 11.6. The molecule has 0 aromatic heterocycles. The van der Waals surface area contributed by atoms with Crippen molar-refractivity contribution in [3.63, 3.8) is 0 Å². The molecule has 1 fully saturated rings. The standard InChI is InChI=1S/C20H30BNO3/c1-3-4-11-20(21,19(23)24)12-7-14-22-13-6-10-18(22)16-8-5-9-17(15-16)25-2/h5,8-9,15,18H,3-4,6-7,10-14H2,1-2H3,(H,23,24). The fourth-order valence-electron chi connectivity index (χ4n) is 3.75. The zero-order chi connectivity index (χ0) is 18.3. The van der Waals surface area contributed by atoms with Gasteiger partial charge >= 0.3 is 5.97 Å². The van der Waals surface area contributed by atoms with Crippen molar-refractivity contribution in [3.8, 4) is 5.75 Å². The third kappa shape index (κ3) is 5.24. The molecule has 25 heavy (non-hydrogen) atoms. The second kappa shape index (κ2) is 9.28. The van der Waals surface area contributed by atoms with Gasteiger partial charge < -0.3 is 9.84 Å². The van der Waals surface area contributed by atoms with E-state index in [1.807, 2.05) is 12.1 Å². The Labute approximate surface area is 153 Å². The van der Waals surface area contributed by atoms with Crippen molar-refractivity contribution in [2.75, 3.05) is 20.2 Å². The number of carbonyl (C=O) groups is 1. The summed E-state index contributed by atoms with van der Waals surface area (Å²) in [5, 5.41) is 8.40. The molecule has 0 bridgehead atoms. The average Bonchev–Trinajstić information content (AvgIpc) is 3.08. The largest absolute Gasteiger partial charge is 0.497 e. The first-order chi connectivity index (χ1) is 12.0. The second-order valence-electron chi connectivity index (χ2n) is 7.14. The van der Waals surface area contributed by atoms with E-state index in [1.54, 1.807) is 7.11 Å². The first-order valence-electron chi connectivity index (χ1n) is 9.40. The van der Waals surface area contributed by atoms with E-state index in [0.717, 1.165) is 44.5 Å². The zero-order valence-electron chi connectivity index (χ0n) is 15.5. The fraction of sp³-hybridized carbons (Fsp3) is 0.650. The van der Waals surface area contributed by atoms with Crippen LogP contribution in [0.5, 0.6) is 5.75 Å². The van der Waals surface area contributed by atoms with Gasteiger partial charge in [-0.1, -0.05) is 31.9 Å². The predicted octanol–water partition coefficient (Wildman–Crippen LogP) is 4.21. The van der Waals surface area contributed by atoms with E-state index in [1.165, 1.54) is 12.0 Å². The zero-order valence-corrected chi connectivity index (χ0v) is 15.5.